The zero-order chi connectivity index (χ0) is 14.8. The van der Waals surface area contributed by atoms with Gasteiger partial charge in [0.15, 0.2) is 0 Å². The molecule has 3 heteroatoms. The third kappa shape index (κ3) is 3.16. The highest BCUT2D eigenvalue weighted by Gasteiger charge is 2.36. The van der Waals surface area contributed by atoms with Gasteiger partial charge in [-0.05, 0) is 57.9 Å². The summed E-state index contributed by atoms with van der Waals surface area (Å²) in [5.74, 6) is -0.787. The third-order valence-electron chi connectivity index (χ3n) is 4.06. The van der Waals surface area contributed by atoms with Gasteiger partial charge in [0.25, 0.3) is 0 Å². The molecule has 0 aliphatic heterocycles. The molecule has 0 heterocycles. The Morgan fingerprint density at radius 3 is 2.32 bits per heavy atom. The number of carboxylic acids is 1. The van der Waals surface area contributed by atoms with Gasteiger partial charge in [-0.1, -0.05) is 25.1 Å². The summed E-state index contributed by atoms with van der Waals surface area (Å²) in [6.07, 6.45) is 0. The predicted octanol–water partition coefficient (Wildman–Crippen LogP) is 3.55. The van der Waals surface area contributed by atoms with Gasteiger partial charge in [-0.15, -0.1) is 0 Å². The number of likely N-dealkylation sites (N-methyl/N-ethyl adjacent to an activating group) is 1. The number of carboxylic acid groups (broad SMARTS) is 1. The standard InChI is InChI=1S/C16H25NO2/c1-7-17(16(5,6)15(18)19)13(4)14-9-8-11(2)12(3)10-14/h8-10,13H,7H2,1-6H3,(H,18,19). The van der Waals surface area contributed by atoms with Crippen molar-refractivity contribution in [1.29, 1.82) is 0 Å². The van der Waals surface area contributed by atoms with Crippen LogP contribution in [-0.2, 0) is 4.79 Å². The smallest absolute Gasteiger partial charge is 0.323 e. The Kier molecular flexibility index (Phi) is 4.75. The molecule has 1 rings (SSSR count). The first-order valence-electron chi connectivity index (χ1n) is 6.79. The van der Waals surface area contributed by atoms with E-state index in [1.54, 1.807) is 13.8 Å². The first-order valence-corrected chi connectivity index (χ1v) is 6.79. The number of rotatable bonds is 5. The lowest BCUT2D eigenvalue weighted by Gasteiger charge is -2.39. The Morgan fingerprint density at radius 1 is 1.32 bits per heavy atom. The molecule has 0 aromatic heterocycles. The first-order chi connectivity index (χ1) is 8.71. The molecule has 106 valence electrons. The number of nitrogens with zero attached hydrogens (tertiary/aromatic N) is 1. The van der Waals surface area contributed by atoms with E-state index in [2.05, 4.69) is 39.0 Å². The molecule has 0 amide bonds. The maximum atomic E-state index is 11.4. The third-order valence-corrected chi connectivity index (χ3v) is 4.06. The van der Waals surface area contributed by atoms with Crippen LogP contribution in [0.5, 0.6) is 0 Å². The molecule has 1 atom stereocenters. The zero-order valence-corrected chi connectivity index (χ0v) is 12.8. The van der Waals surface area contributed by atoms with Gasteiger partial charge in [0.2, 0.25) is 0 Å². The van der Waals surface area contributed by atoms with E-state index in [0.717, 1.165) is 0 Å². The van der Waals surface area contributed by atoms with E-state index in [4.69, 9.17) is 0 Å². The molecular weight excluding hydrogens is 238 g/mol. The van der Waals surface area contributed by atoms with Crippen molar-refractivity contribution in [2.75, 3.05) is 6.54 Å². The summed E-state index contributed by atoms with van der Waals surface area (Å²) >= 11 is 0. The first kappa shape index (κ1) is 15.7. The molecule has 1 aromatic carbocycles. The molecule has 1 aromatic rings. The summed E-state index contributed by atoms with van der Waals surface area (Å²) in [7, 11) is 0. The lowest BCUT2D eigenvalue weighted by Crippen LogP contribution is -2.51. The van der Waals surface area contributed by atoms with Gasteiger partial charge in [0.05, 0.1) is 0 Å². The second-order valence-electron chi connectivity index (χ2n) is 5.67. The van der Waals surface area contributed by atoms with Gasteiger partial charge >= 0.3 is 5.97 Å². The highest BCUT2D eigenvalue weighted by atomic mass is 16.4. The molecule has 0 bridgehead atoms. The van der Waals surface area contributed by atoms with Crippen molar-refractivity contribution in [2.24, 2.45) is 0 Å². The van der Waals surface area contributed by atoms with E-state index in [1.807, 2.05) is 11.8 Å². The number of hydrogen-bond donors (Lipinski definition) is 1. The fraction of sp³-hybridized carbons (Fsp3) is 0.562. The molecule has 3 nitrogen and oxygen atoms in total. The minimum Gasteiger partial charge on any atom is -0.480 e. The lowest BCUT2D eigenvalue weighted by molar-refractivity contribution is -0.150. The maximum Gasteiger partial charge on any atom is 0.323 e. The largest absolute Gasteiger partial charge is 0.480 e. The van der Waals surface area contributed by atoms with Gasteiger partial charge in [0.1, 0.15) is 5.54 Å². The SMILES string of the molecule is CCN(C(C)c1ccc(C)c(C)c1)C(C)(C)C(=O)O. The van der Waals surface area contributed by atoms with Crippen LogP contribution in [0.3, 0.4) is 0 Å². The van der Waals surface area contributed by atoms with E-state index in [1.165, 1.54) is 16.7 Å². The molecule has 0 aliphatic carbocycles. The van der Waals surface area contributed by atoms with Gasteiger partial charge in [-0.25, -0.2) is 0 Å². The number of carbonyl (C=O) groups is 1. The van der Waals surface area contributed by atoms with Gasteiger partial charge in [0, 0.05) is 6.04 Å². The Bertz CT molecular complexity index is 466. The van der Waals surface area contributed by atoms with Crippen LogP contribution >= 0.6 is 0 Å². The molecule has 0 fully saturated rings. The van der Waals surface area contributed by atoms with Crippen molar-refractivity contribution in [3.63, 3.8) is 0 Å². The highest BCUT2D eigenvalue weighted by molar-refractivity contribution is 5.77. The van der Waals surface area contributed by atoms with Crippen molar-refractivity contribution in [2.45, 2.75) is 53.1 Å². The molecule has 0 radical (unpaired) electrons. The van der Waals surface area contributed by atoms with Crippen LogP contribution in [0.15, 0.2) is 18.2 Å². The van der Waals surface area contributed by atoms with Gasteiger partial charge < -0.3 is 5.11 Å². The number of aryl methyl sites for hydroxylation is 2. The van der Waals surface area contributed by atoms with Crippen LogP contribution in [0.25, 0.3) is 0 Å². The Balaban J connectivity index is 3.11. The highest BCUT2D eigenvalue weighted by Crippen LogP contribution is 2.29. The fourth-order valence-corrected chi connectivity index (χ4v) is 2.48. The Morgan fingerprint density at radius 2 is 1.89 bits per heavy atom. The Labute approximate surface area is 116 Å². The van der Waals surface area contributed by atoms with E-state index in [9.17, 15) is 9.90 Å². The maximum absolute atomic E-state index is 11.4. The summed E-state index contributed by atoms with van der Waals surface area (Å²) in [6.45, 7) is 12.5. The second-order valence-corrected chi connectivity index (χ2v) is 5.67. The van der Waals surface area contributed by atoms with Crippen molar-refractivity contribution in [3.8, 4) is 0 Å². The van der Waals surface area contributed by atoms with Crippen LogP contribution in [0, 0.1) is 13.8 Å². The average Bonchev–Trinajstić information content (AvgIpc) is 2.32. The van der Waals surface area contributed by atoms with Crippen molar-refractivity contribution in [3.05, 3.63) is 34.9 Å². The summed E-state index contributed by atoms with van der Waals surface area (Å²) in [6, 6.07) is 6.42. The zero-order valence-electron chi connectivity index (χ0n) is 12.8. The summed E-state index contributed by atoms with van der Waals surface area (Å²) in [5.41, 5.74) is 2.80. The number of hydrogen-bond acceptors (Lipinski definition) is 2. The van der Waals surface area contributed by atoms with Crippen LogP contribution < -0.4 is 0 Å². The fourth-order valence-electron chi connectivity index (χ4n) is 2.48. The summed E-state index contributed by atoms with van der Waals surface area (Å²) < 4.78 is 0. The topological polar surface area (TPSA) is 40.5 Å². The van der Waals surface area contributed by atoms with E-state index in [0.29, 0.717) is 6.54 Å². The minimum absolute atomic E-state index is 0.0791. The average molecular weight is 263 g/mol. The second kappa shape index (κ2) is 5.74. The van der Waals surface area contributed by atoms with Crippen molar-refractivity contribution >= 4 is 5.97 Å². The molecule has 0 saturated carbocycles. The summed E-state index contributed by atoms with van der Waals surface area (Å²) in [5, 5.41) is 9.40. The Hall–Kier alpha value is -1.35. The number of aliphatic carboxylic acids is 1. The van der Waals surface area contributed by atoms with E-state index < -0.39 is 11.5 Å². The molecular formula is C16H25NO2. The van der Waals surface area contributed by atoms with Crippen LogP contribution in [0.2, 0.25) is 0 Å². The van der Waals surface area contributed by atoms with Crippen molar-refractivity contribution in [1.82, 2.24) is 4.90 Å². The van der Waals surface area contributed by atoms with E-state index >= 15 is 0 Å². The molecule has 0 aliphatic rings. The van der Waals surface area contributed by atoms with Crippen LogP contribution in [0.1, 0.15) is 50.4 Å². The van der Waals surface area contributed by atoms with E-state index in [-0.39, 0.29) is 6.04 Å². The number of benzene rings is 1. The summed E-state index contributed by atoms with van der Waals surface area (Å²) in [4.78, 5) is 13.4. The molecule has 1 N–H and O–H groups in total. The molecule has 0 saturated heterocycles. The van der Waals surface area contributed by atoms with Crippen molar-refractivity contribution < 1.29 is 9.90 Å². The normalized spacial score (nSPS) is 13.6. The minimum atomic E-state index is -0.868. The molecule has 0 spiro atoms. The monoisotopic (exact) mass is 263 g/mol. The quantitative estimate of drug-likeness (QED) is 0.883. The lowest BCUT2D eigenvalue weighted by atomic mass is 9.95. The van der Waals surface area contributed by atoms with Gasteiger partial charge in [-0.2, -0.15) is 0 Å². The predicted molar refractivity (Wildman–Crippen MR) is 78.4 cm³/mol. The molecule has 1 unspecified atom stereocenters. The van der Waals surface area contributed by atoms with Gasteiger partial charge in [-0.3, -0.25) is 9.69 Å². The van der Waals surface area contributed by atoms with Crippen LogP contribution in [0.4, 0.5) is 0 Å². The molecule has 19 heavy (non-hydrogen) atoms. The van der Waals surface area contributed by atoms with Crippen LogP contribution in [-0.4, -0.2) is 28.1 Å².